The SMILES string of the molecule is CC(C)C#CCOCCNC(=O)CCCOCCOCCO[C@H](COc1cccc(C(=O)NCCNC(C)C)c1)SC#N. The Kier molecular flexibility index (Phi) is 22.8. The van der Waals surface area contributed by atoms with Gasteiger partial charge in [-0.3, -0.25) is 9.59 Å². The van der Waals surface area contributed by atoms with Crippen molar-refractivity contribution in [2.75, 3.05) is 72.5 Å². The van der Waals surface area contributed by atoms with Crippen molar-refractivity contribution in [1.82, 2.24) is 16.0 Å². The molecule has 43 heavy (non-hydrogen) atoms. The summed E-state index contributed by atoms with van der Waals surface area (Å²) < 4.78 is 27.9. The monoisotopic (exact) mass is 620 g/mol. The summed E-state index contributed by atoms with van der Waals surface area (Å²) in [6.45, 7) is 12.6. The van der Waals surface area contributed by atoms with Gasteiger partial charge in [-0.15, -0.1) is 0 Å². The Bertz CT molecular complexity index is 1010. The van der Waals surface area contributed by atoms with E-state index in [-0.39, 0.29) is 25.0 Å². The van der Waals surface area contributed by atoms with Crippen molar-refractivity contribution >= 4 is 23.6 Å². The first-order chi connectivity index (χ1) is 20.8. The van der Waals surface area contributed by atoms with Crippen LogP contribution in [0.3, 0.4) is 0 Å². The number of hydrogen-bond donors (Lipinski definition) is 3. The molecule has 0 saturated heterocycles. The van der Waals surface area contributed by atoms with E-state index in [2.05, 4.69) is 27.8 Å². The lowest BCUT2D eigenvalue weighted by Crippen LogP contribution is -2.34. The summed E-state index contributed by atoms with van der Waals surface area (Å²) in [7, 11) is 0. The lowest BCUT2D eigenvalue weighted by Gasteiger charge is -2.16. The second-order valence-electron chi connectivity index (χ2n) is 9.92. The van der Waals surface area contributed by atoms with Crippen molar-refractivity contribution in [2.45, 2.75) is 52.0 Å². The number of nitriles is 1. The summed E-state index contributed by atoms with van der Waals surface area (Å²) in [4.78, 5) is 24.2. The van der Waals surface area contributed by atoms with E-state index in [1.165, 1.54) is 0 Å². The molecule has 12 heteroatoms. The van der Waals surface area contributed by atoms with E-state index in [9.17, 15) is 9.59 Å². The van der Waals surface area contributed by atoms with Crippen molar-refractivity contribution in [1.29, 1.82) is 5.26 Å². The number of carbonyl (C=O) groups is 2. The number of thiocyanates is 1. The topological polar surface area (TPSA) is 140 Å². The Morgan fingerprint density at radius 2 is 1.70 bits per heavy atom. The number of rotatable bonds is 24. The lowest BCUT2D eigenvalue weighted by atomic mass is 10.2. The fourth-order valence-electron chi connectivity index (χ4n) is 3.32. The number of thioether (sulfide) groups is 1. The predicted molar refractivity (Wildman–Crippen MR) is 168 cm³/mol. The third kappa shape index (κ3) is 22.4. The van der Waals surface area contributed by atoms with E-state index in [4.69, 9.17) is 28.9 Å². The van der Waals surface area contributed by atoms with E-state index in [0.717, 1.165) is 11.8 Å². The minimum Gasteiger partial charge on any atom is -0.490 e. The van der Waals surface area contributed by atoms with Gasteiger partial charge in [-0.2, -0.15) is 5.26 Å². The molecule has 11 nitrogen and oxygen atoms in total. The maximum atomic E-state index is 12.4. The average Bonchev–Trinajstić information content (AvgIpc) is 2.98. The Hall–Kier alpha value is -2.84. The van der Waals surface area contributed by atoms with Gasteiger partial charge in [0.25, 0.3) is 5.91 Å². The summed E-state index contributed by atoms with van der Waals surface area (Å²) in [6.07, 6.45) is 1.00. The molecule has 0 heterocycles. The van der Waals surface area contributed by atoms with Gasteiger partial charge < -0.3 is 39.6 Å². The number of nitrogens with one attached hydrogen (secondary N) is 3. The van der Waals surface area contributed by atoms with Crippen LogP contribution >= 0.6 is 11.8 Å². The highest BCUT2D eigenvalue weighted by Crippen LogP contribution is 2.17. The fraction of sp³-hybridized carbons (Fsp3) is 0.645. The van der Waals surface area contributed by atoms with Gasteiger partial charge in [-0.05, 0) is 36.4 Å². The quantitative estimate of drug-likeness (QED) is 0.0684. The number of benzene rings is 1. The Labute approximate surface area is 261 Å². The predicted octanol–water partition coefficient (Wildman–Crippen LogP) is 2.96. The van der Waals surface area contributed by atoms with Crippen LogP contribution < -0.4 is 20.7 Å². The molecule has 0 radical (unpaired) electrons. The fourth-order valence-corrected chi connectivity index (χ4v) is 3.74. The minimum absolute atomic E-state index is 0.0360. The number of amides is 2. The molecule has 1 rings (SSSR count). The largest absolute Gasteiger partial charge is 0.490 e. The highest BCUT2D eigenvalue weighted by Gasteiger charge is 2.12. The zero-order valence-electron chi connectivity index (χ0n) is 25.9. The number of ether oxygens (including phenoxy) is 5. The molecule has 1 atom stereocenters. The molecule has 1 aromatic carbocycles. The van der Waals surface area contributed by atoms with E-state index >= 15 is 0 Å². The minimum atomic E-state index is -0.513. The molecule has 0 saturated carbocycles. The highest BCUT2D eigenvalue weighted by atomic mass is 32.2. The number of carbonyl (C=O) groups excluding carboxylic acids is 2. The molecule has 0 aliphatic heterocycles. The third-order valence-electron chi connectivity index (χ3n) is 5.36. The van der Waals surface area contributed by atoms with Crippen LogP contribution in [-0.4, -0.2) is 95.8 Å². The summed E-state index contributed by atoms with van der Waals surface area (Å²) in [5, 5.41) is 20.0. The van der Waals surface area contributed by atoms with Crippen LogP contribution in [0.15, 0.2) is 24.3 Å². The average molecular weight is 621 g/mol. The Balaban J connectivity index is 2.10. The zero-order chi connectivity index (χ0) is 31.5. The maximum absolute atomic E-state index is 12.4. The van der Waals surface area contributed by atoms with Crippen LogP contribution in [0.5, 0.6) is 5.75 Å². The van der Waals surface area contributed by atoms with Gasteiger partial charge in [-0.1, -0.05) is 45.6 Å². The molecular formula is C31H48N4O7S. The van der Waals surface area contributed by atoms with Gasteiger partial charge in [0.2, 0.25) is 5.91 Å². The molecule has 0 bridgehead atoms. The maximum Gasteiger partial charge on any atom is 0.251 e. The van der Waals surface area contributed by atoms with Crippen molar-refractivity contribution in [3.05, 3.63) is 29.8 Å². The van der Waals surface area contributed by atoms with Crippen LogP contribution in [0, 0.1) is 28.4 Å². The molecular weight excluding hydrogens is 572 g/mol. The molecule has 0 unspecified atom stereocenters. The molecule has 3 N–H and O–H groups in total. The Morgan fingerprint density at radius 3 is 2.44 bits per heavy atom. The standard InChI is InChI=1S/C31H48N4O7S/c1-25(2)8-6-15-38-17-14-34-29(36)11-7-16-39-18-19-40-20-21-41-30(43-24-32)23-42-28-10-5-9-27(22-28)31(37)35-13-12-33-26(3)4/h5,9-10,22,25-26,30,33H,7,11-21,23H2,1-4H3,(H,34,36)(H,35,37)/t30-/m0/s1. The van der Waals surface area contributed by atoms with Crippen LogP contribution in [0.25, 0.3) is 0 Å². The second-order valence-corrected chi connectivity index (χ2v) is 10.9. The van der Waals surface area contributed by atoms with Gasteiger partial charge in [-0.25, -0.2) is 0 Å². The van der Waals surface area contributed by atoms with E-state index < -0.39 is 5.44 Å². The summed E-state index contributed by atoms with van der Waals surface area (Å²) >= 11 is 0.958. The molecule has 0 fully saturated rings. The molecule has 1 aromatic rings. The first-order valence-corrected chi connectivity index (χ1v) is 15.6. The van der Waals surface area contributed by atoms with Gasteiger partial charge in [0.15, 0.2) is 5.44 Å². The van der Waals surface area contributed by atoms with E-state index in [0.29, 0.717) is 95.4 Å². The van der Waals surface area contributed by atoms with Crippen LogP contribution in [0.1, 0.15) is 50.9 Å². The van der Waals surface area contributed by atoms with Gasteiger partial charge >= 0.3 is 0 Å². The molecule has 2 amide bonds. The molecule has 240 valence electrons. The van der Waals surface area contributed by atoms with Crippen LogP contribution in [0.4, 0.5) is 0 Å². The highest BCUT2D eigenvalue weighted by molar-refractivity contribution is 8.04. The number of nitrogens with zero attached hydrogens (tertiary/aromatic N) is 1. The first kappa shape index (κ1) is 38.2. The molecule has 0 aromatic heterocycles. The van der Waals surface area contributed by atoms with Crippen LogP contribution in [0.2, 0.25) is 0 Å². The van der Waals surface area contributed by atoms with E-state index in [1.807, 2.05) is 33.1 Å². The third-order valence-corrected chi connectivity index (χ3v) is 6.00. The normalized spacial score (nSPS) is 11.5. The molecule has 0 spiro atoms. The van der Waals surface area contributed by atoms with Gasteiger partial charge in [0, 0.05) is 50.2 Å². The number of hydrogen-bond acceptors (Lipinski definition) is 10. The lowest BCUT2D eigenvalue weighted by molar-refractivity contribution is -0.121. The summed E-state index contributed by atoms with van der Waals surface area (Å²) in [5.74, 6) is 6.57. The Morgan fingerprint density at radius 1 is 0.930 bits per heavy atom. The van der Waals surface area contributed by atoms with Crippen molar-refractivity contribution in [3.8, 4) is 23.0 Å². The zero-order valence-corrected chi connectivity index (χ0v) is 26.8. The molecule has 0 aliphatic carbocycles. The van der Waals surface area contributed by atoms with Crippen molar-refractivity contribution < 1.29 is 33.3 Å². The summed E-state index contributed by atoms with van der Waals surface area (Å²) in [6, 6.07) is 7.24. The summed E-state index contributed by atoms with van der Waals surface area (Å²) in [5.41, 5.74) is -0.0172. The van der Waals surface area contributed by atoms with Crippen molar-refractivity contribution in [2.24, 2.45) is 5.92 Å². The first-order valence-electron chi connectivity index (χ1n) is 14.7. The van der Waals surface area contributed by atoms with Gasteiger partial charge in [0.05, 0.1) is 33.0 Å². The molecule has 0 aliphatic rings. The van der Waals surface area contributed by atoms with Crippen molar-refractivity contribution in [3.63, 3.8) is 0 Å². The van der Waals surface area contributed by atoms with E-state index in [1.54, 1.807) is 24.3 Å². The van der Waals surface area contributed by atoms with Gasteiger partial charge in [0.1, 0.15) is 24.4 Å². The van der Waals surface area contributed by atoms with Crippen LogP contribution in [-0.2, 0) is 23.7 Å². The smallest absolute Gasteiger partial charge is 0.251 e. The second kappa shape index (κ2) is 25.6.